The van der Waals surface area contributed by atoms with Crippen LogP contribution >= 0.6 is 11.3 Å². The van der Waals surface area contributed by atoms with Crippen molar-refractivity contribution >= 4 is 38.4 Å². The third kappa shape index (κ3) is 3.99. The molecule has 2 N–H and O–H groups in total. The van der Waals surface area contributed by atoms with Crippen LogP contribution in [0.4, 0.5) is 4.39 Å². The number of amides is 1. The second kappa shape index (κ2) is 8.40. The summed E-state index contributed by atoms with van der Waals surface area (Å²) in [4.78, 5) is 31.1. The molecule has 0 saturated carbocycles. The second-order valence-corrected chi connectivity index (χ2v) is 8.84. The first kappa shape index (κ1) is 20.9. The lowest BCUT2D eigenvalue weighted by Gasteiger charge is -2.13. The molecule has 2 aromatic carbocycles. The standard InChI is InChI=1S/C21H16FN3O4S2/c1-31(29)15-4-2-3-14(9-15)25-20(28)16(18(26)17-21(25)30-11-24-17)19(27)23-10-12-5-7-13(22)8-6-12/h2-9,11,26H,10H2,1H3,(H,23,27). The first-order valence-corrected chi connectivity index (χ1v) is 11.5. The summed E-state index contributed by atoms with van der Waals surface area (Å²) in [5.74, 6) is -1.70. The molecule has 0 bridgehead atoms. The lowest BCUT2D eigenvalue weighted by Crippen LogP contribution is -2.32. The Morgan fingerprint density at radius 2 is 2.00 bits per heavy atom. The van der Waals surface area contributed by atoms with Crippen LogP contribution in [0.15, 0.2) is 63.7 Å². The number of nitrogens with one attached hydrogen (secondary N) is 1. The zero-order valence-electron chi connectivity index (χ0n) is 16.2. The van der Waals surface area contributed by atoms with Gasteiger partial charge in [0.1, 0.15) is 21.7 Å². The van der Waals surface area contributed by atoms with Gasteiger partial charge in [-0.05, 0) is 35.9 Å². The summed E-state index contributed by atoms with van der Waals surface area (Å²) >= 11 is 1.13. The van der Waals surface area contributed by atoms with Gasteiger partial charge in [-0.25, -0.2) is 9.37 Å². The fraction of sp³-hybridized carbons (Fsp3) is 0.0952. The Hall–Kier alpha value is -3.37. The van der Waals surface area contributed by atoms with Crippen LogP contribution in [-0.4, -0.2) is 31.0 Å². The van der Waals surface area contributed by atoms with E-state index in [0.717, 1.165) is 11.3 Å². The molecule has 4 aromatic rings. The highest BCUT2D eigenvalue weighted by atomic mass is 32.2. The van der Waals surface area contributed by atoms with E-state index in [4.69, 9.17) is 0 Å². The van der Waals surface area contributed by atoms with E-state index in [0.29, 0.717) is 21.0 Å². The van der Waals surface area contributed by atoms with Crippen LogP contribution in [-0.2, 0) is 17.3 Å². The first-order chi connectivity index (χ1) is 14.9. The van der Waals surface area contributed by atoms with Crippen molar-refractivity contribution in [2.75, 3.05) is 6.26 Å². The highest BCUT2D eigenvalue weighted by Gasteiger charge is 2.24. The fourth-order valence-electron chi connectivity index (χ4n) is 3.10. The molecule has 1 unspecified atom stereocenters. The molecule has 158 valence electrons. The van der Waals surface area contributed by atoms with Gasteiger partial charge in [-0.15, -0.1) is 11.3 Å². The van der Waals surface area contributed by atoms with Gasteiger partial charge in [0.05, 0.1) is 11.2 Å². The van der Waals surface area contributed by atoms with E-state index in [9.17, 15) is 23.3 Å². The van der Waals surface area contributed by atoms with E-state index in [1.807, 2.05) is 0 Å². The molecule has 10 heteroatoms. The van der Waals surface area contributed by atoms with Gasteiger partial charge in [-0.1, -0.05) is 18.2 Å². The van der Waals surface area contributed by atoms with E-state index in [2.05, 4.69) is 10.3 Å². The molecule has 0 aliphatic rings. The van der Waals surface area contributed by atoms with E-state index >= 15 is 0 Å². The number of hydrogen-bond donors (Lipinski definition) is 2. The van der Waals surface area contributed by atoms with Crippen molar-refractivity contribution in [3.63, 3.8) is 0 Å². The molecular weight excluding hydrogens is 441 g/mol. The number of thiazole rings is 1. The number of carbonyl (C=O) groups is 1. The van der Waals surface area contributed by atoms with Crippen molar-refractivity contribution in [3.05, 3.63) is 81.3 Å². The number of aromatic hydroxyl groups is 1. The predicted molar refractivity (Wildman–Crippen MR) is 117 cm³/mol. The average molecular weight is 458 g/mol. The number of carbonyl (C=O) groups excluding carboxylic acids is 1. The van der Waals surface area contributed by atoms with Crippen molar-refractivity contribution in [3.8, 4) is 11.4 Å². The molecule has 0 fully saturated rings. The molecule has 31 heavy (non-hydrogen) atoms. The molecular formula is C21H16FN3O4S2. The Balaban J connectivity index is 1.80. The zero-order valence-corrected chi connectivity index (χ0v) is 17.8. The van der Waals surface area contributed by atoms with E-state index in [1.54, 1.807) is 24.3 Å². The molecule has 0 aliphatic heterocycles. The van der Waals surface area contributed by atoms with Crippen LogP contribution in [0.2, 0.25) is 0 Å². The molecule has 2 aromatic heterocycles. The summed E-state index contributed by atoms with van der Waals surface area (Å²) in [6, 6.07) is 12.1. The van der Waals surface area contributed by atoms with E-state index in [-0.39, 0.29) is 12.1 Å². The SMILES string of the molecule is CS(=O)c1cccc(-n2c(=O)c(C(=O)NCc3ccc(F)cc3)c(O)c3ncsc32)c1. The number of pyridine rings is 1. The Labute approximate surface area is 182 Å². The molecule has 0 aliphatic carbocycles. The van der Waals surface area contributed by atoms with Crippen molar-refractivity contribution < 1.29 is 18.5 Å². The molecule has 1 atom stereocenters. The highest BCUT2D eigenvalue weighted by Crippen LogP contribution is 2.30. The minimum Gasteiger partial charge on any atom is -0.505 e. The van der Waals surface area contributed by atoms with Crippen LogP contribution < -0.4 is 10.9 Å². The van der Waals surface area contributed by atoms with Crippen LogP contribution in [0, 0.1) is 5.82 Å². The van der Waals surface area contributed by atoms with Crippen LogP contribution in [0.1, 0.15) is 15.9 Å². The maximum Gasteiger partial charge on any atom is 0.273 e. The Morgan fingerprint density at radius 3 is 2.71 bits per heavy atom. The molecule has 0 spiro atoms. The highest BCUT2D eigenvalue weighted by molar-refractivity contribution is 7.84. The third-order valence-electron chi connectivity index (χ3n) is 4.63. The number of aromatic nitrogens is 2. The quantitative estimate of drug-likeness (QED) is 0.480. The summed E-state index contributed by atoms with van der Waals surface area (Å²) in [6.45, 7) is 0.0391. The van der Waals surface area contributed by atoms with Crippen molar-refractivity contribution in [1.82, 2.24) is 14.9 Å². The van der Waals surface area contributed by atoms with Gasteiger partial charge in [0.15, 0.2) is 5.75 Å². The first-order valence-electron chi connectivity index (χ1n) is 9.04. The average Bonchev–Trinajstić information content (AvgIpc) is 3.23. The smallest absolute Gasteiger partial charge is 0.273 e. The number of nitrogens with zero attached hydrogens (tertiary/aromatic N) is 2. The van der Waals surface area contributed by atoms with Gasteiger partial charge in [-0.3, -0.25) is 18.4 Å². The number of benzene rings is 2. The maximum atomic E-state index is 13.3. The third-order valence-corrected chi connectivity index (χ3v) is 6.36. The number of rotatable bonds is 5. The van der Waals surface area contributed by atoms with Crippen molar-refractivity contribution in [2.24, 2.45) is 0 Å². The monoisotopic (exact) mass is 457 g/mol. The van der Waals surface area contributed by atoms with Crippen LogP contribution in [0.5, 0.6) is 5.75 Å². The lowest BCUT2D eigenvalue weighted by atomic mass is 10.2. The lowest BCUT2D eigenvalue weighted by molar-refractivity contribution is 0.0946. The van der Waals surface area contributed by atoms with Crippen molar-refractivity contribution in [1.29, 1.82) is 0 Å². The topological polar surface area (TPSA) is 101 Å². The predicted octanol–water partition coefficient (Wildman–Crippen LogP) is 2.96. The molecule has 4 rings (SSSR count). The Morgan fingerprint density at radius 1 is 1.26 bits per heavy atom. The molecule has 2 heterocycles. The summed E-state index contributed by atoms with van der Waals surface area (Å²) in [5.41, 5.74) is 1.41. The van der Waals surface area contributed by atoms with Gasteiger partial charge in [-0.2, -0.15) is 0 Å². The molecule has 1 amide bonds. The minimum absolute atomic E-state index is 0.0391. The Bertz CT molecular complexity index is 1380. The van der Waals surface area contributed by atoms with Gasteiger partial charge >= 0.3 is 0 Å². The summed E-state index contributed by atoms with van der Waals surface area (Å²) in [7, 11) is -1.27. The van der Waals surface area contributed by atoms with Crippen LogP contribution in [0.3, 0.4) is 0 Å². The molecule has 7 nitrogen and oxygen atoms in total. The number of fused-ring (bicyclic) bond motifs is 1. The minimum atomic E-state index is -1.27. The molecule has 0 saturated heterocycles. The summed E-state index contributed by atoms with van der Waals surface area (Å²) in [6.07, 6.45) is 1.52. The van der Waals surface area contributed by atoms with Crippen LogP contribution in [0.25, 0.3) is 16.0 Å². The molecule has 0 radical (unpaired) electrons. The maximum absolute atomic E-state index is 13.3. The number of halogens is 1. The number of hydrogen-bond acceptors (Lipinski definition) is 6. The second-order valence-electron chi connectivity index (χ2n) is 6.63. The van der Waals surface area contributed by atoms with E-state index in [1.165, 1.54) is 40.6 Å². The largest absolute Gasteiger partial charge is 0.505 e. The zero-order chi connectivity index (χ0) is 22.1. The fourth-order valence-corrected chi connectivity index (χ4v) is 4.47. The van der Waals surface area contributed by atoms with Crippen molar-refractivity contribution in [2.45, 2.75) is 11.4 Å². The van der Waals surface area contributed by atoms with Gasteiger partial charge in [0, 0.05) is 28.5 Å². The summed E-state index contributed by atoms with van der Waals surface area (Å²) in [5, 5.41) is 13.2. The van der Waals surface area contributed by atoms with Gasteiger partial charge < -0.3 is 10.4 Å². The van der Waals surface area contributed by atoms with E-state index < -0.39 is 39.4 Å². The normalized spacial score (nSPS) is 12.1. The Kier molecular flexibility index (Phi) is 5.66. The van der Waals surface area contributed by atoms with Gasteiger partial charge in [0.2, 0.25) is 0 Å². The summed E-state index contributed by atoms with van der Waals surface area (Å²) < 4.78 is 26.2. The van der Waals surface area contributed by atoms with Gasteiger partial charge in [0.25, 0.3) is 11.5 Å².